The molecule has 0 aliphatic heterocycles. The molecule has 0 N–H and O–H groups in total. The van der Waals surface area contributed by atoms with Gasteiger partial charge in [0, 0.05) is 11.4 Å². The van der Waals surface area contributed by atoms with Crippen LogP contribution in [0.4, 0.5) is 17.6 Å². The molecule has 27 heavy (non-hydrogen) atoms. The van der Waals surface area contributed by atoms with Crippen molar-refractivity contribution in [2.45, 2.75) is 51.7 Å². The fraction of sp³-hybridized carbons (Fsp3) is 0.474. The third kappa shape index (κ3) is 4.66. The molecule has 0 spiro atoms. The maximum atomic E-state index is 14.0. The normalized spacial score (nSPS) is 16.0. The molecule has 1 heterocycles. The predicted octanol–water partition coefficient (Wildman–Crippen LogP) is 5.16. The minimum absolute atomic E-state index is 0.158. The highest BCUT2D eigenvalue weighted by Gasteiger charge is 2.32. The number of nitrogens with zero attached hydrogens (tertiary/aromatic N) is 2. The number of carbonyl (C=O) groups is 1. The Kier molecular flexibility index (Phi) is 5.05. The summed E-state index contributed by atoms with van der Waals surface area (Å²) in [6.45, 7) is 6.78. The van der Waals surface area contributed by atoms with E-state index in [0.717, 1.165) is 17.7 Å². The van der Waals surface area contributed by atoms with Crippen molar-refractivity contribution in [2.75, 3.05) is 0 Å². The Balaban J connectivity index is 2.03. The van der Waals surface area contributed by atoms with E-state index in [1.54, 1.807) is 6.07 Å². The molecule has 1 aliphatic carbocycles. The van der Waals surface area contributed by atoms with Crippen molar-refractivity contribution in [2.24, 2.45) is 10.9 Å². The van der Waals surface area contributed by atoms with Crippen molar-refractivity contribution in [1.29, 1.82) is 0 Å². The molecule has 1 aromatic heterocycles. The van der Waals surface area contributed by atoms with Crippen molar-refractivity contribution in [1.82, 2.24) is 3.96 Å². The quantitative estimate of drug-likeness (QED) is 0.656. The number of aromatic nitrogens is 1. The van der Waals surface area contributed by atoms with Gasteiger partial charge in [-0.05, 0) is 48.4 Å². The summed E-state index contributed by atoms with van der Waals surface area (Å²) in [5.74, 6) is -1.51. The average Bonchev–Trinajstić information content (AvgIpc) is 3.26. The molecule has 1 fully saturated rings. The molecule has 2 aromatic rings. The number of alkyl halides is 3. The maximum absolute atomic E-state index is 14.0. The lowest BCUT2D eigenvalue weighted by molar-refractivity contribution is -0.137. The van der Waals surface area contributed by atoms with Crippen LogP contribution in [0.25, 0.3) is 0 Å². The third-order valence-electron chi connectivity index (χ3n) is 4.32. The van der Waals surface area contributed by atoms with Gasteiger partial charge in [0.2, 0.25) is 0 Å². The highest BCUT2D eigenvalue weighted by molar-refractivity contribution is 7.06. The first-order valence-electron chi connectivity index (χ1n) is 8.62. The smallest absolute Gasteiger partial charge is 0.281 e. The van der Waals surface area contributed by atoms with Crippen LogP contribution in [0.2, 0.25) is 0 Å². The van der Waals surface area contributed by atoms with E-state index in [1.165, 1.54) is 11.5 Å². The predicted molar refractivity (Wildman–Crippen MR) is 95.0 cm³/mol. The van der Waals surface area contributed by atoms with E-state index in [9.17, 15) is 22.4 Å². The van der Waals surface area contributed by atoms with Gasteiger partial charge < -0.3 is 0 Å². The number of hydrogen-bond donors (Lipinski definition) is 0. The van der Waals surface area contributed by atoms with Gasteiger partial charge in [0.15, 0.2) is 0 Å². The van der Waals surface area contributed by atoms with E-state index in [0.29, 0.717) is 36.1 Å². The molecule has 146 valence electrons. The van der Waals surface area contributed by atoms with Crippen LogP contribution in [0.3, 0.4) is 0 Å². The molecule has 0 atom stereocenters. The molecule has 1 aliphatic rings. The summed E-state index contributed by atoms with van der Waals surface area (Å²) in [6.07, 6.45) is -2.45. The van der Waals surface area contributed by atoms with Gasteiger partial charge in [0.1, 0.15) is 11.3 Å². The van der Waals surface area contributed by atoms with Crippen LogP contribution in [0.5, 0.6) is 0 Å². The van der Waals surface area contributed by atoms with Crippen molar-refractivity contribution >= 4 is 17.4 Å². The minimum Gasteiger partial charge on any atom is -0.281 e. The molecule has 1 aromatic carbocycles. The second kappa shape index (κ2) is 6.89. The topological polar surface area (TPSA) is 34.4 Å². The average molecular weight is 400 g/mol. The van der Waals surface area contributed by atoms with Gasteiger partial charge >= 0.3 is 6.18 Å². The first-order chi connectivity index (χ1) is 12.4. The zero-order chi connectivity index (χ0) is 20.0. The molecular weight excluding hydrogens is 380 g/mol. The van der Waals surface area contributed by atoms with Crippen LogP contribution >= 0.6 is 11.5 Å². The van der Waals surface area contributed by atoms with Crippen LogP contribution in [0.1, 0.15) is 54.4 Å². The van der Waals surface area contributed by atoms with Crippen LogP contribution in [0.15, 0.2) is 29.3 Å². The van der Waals surface area contributed by atoms with Crippen LogP contribution in [-0.4, -0.2) is 9.86 Å². The Morgan fingerprint density at radius 3 is 2.44 bits per heavy atom. The van der Waals surface area contributed by atoms with Gasteiger partial charge in [-0.25, -0.2) is 4.39 Å². The Hall–Kier alpha value is -1.96. The van der Waals surface area contributed by atoms with E-state index in [-0.39, 0.29) is 5.41 Å². The van der Waals surface area contributed by atoms with Crippen molar-refractivity contribution in [3.8, 4) is 0 Å². The van der Waals surface area contributed by atoms with Crippen molar-refractivity contribution in [3.63, 3.8) is 0 Å². The van der Waals surface area contributed by atoms with E-state index in [2.05, 4.69) is 4.99 Å². The number of benzene rings is 1. The summed E-state index contributed by atoms with van der Waals surface area (Å²) < 4.78 is 54.5. The summed E-state index contributed by atoms with van der Waals surface area (Å²) in [4.78, 5) is 17.4. The molecule has 8 heteroatoms. The number of halogens is 4. The molecule has 3 nitrogen and oxygen atoms in total. The molecule has 1 amide bonds. The van der Waals surface area contributed by atoms with E-state index in [1.807, 2.05) is 24.7 Å². The zero-order valence-corrected chi connectivity index (χ0v) is 16.0. The molecule has 0 bridgehead atoms. The molecule has 1 saturated carbocycles. The van der Waals surface area contributed by atoms with Crippen LogP contribution < -0.4 is 5.49 Å². The summed E-state index contributed by atoms with van der Waals surface area (Å²) >= 11 is 1.48. The molecular formula is C19H20F4N2OS. The monoisotopic (exact) mass is 400 g/mol. The number of carbonyl (C=O) groups excluding carboxylic acids is 1. The van der Waals surface area contributed by atoms with Gasteiger partial charge in [0.25, 0.3) is 5.91 Å². The molecule has 0 unspecified atom stereocenters. The van der Waals surface area contributed by atoms with E-state index >= 15 is 0 Å². The first-order valence-corrected chi connectivity index (χ1v) is 9.40. The number of rotatable bonds is 3. The Bertz CT molecular complexity index is 930. The lowest BCUT2D eigenvalue weighted by atomic mass is 9.95. The van der Waals surface area contributed by atoms with E-state index in [4.69, 9.17) is 0 Å². The van der Waals surface area contributed by atoms with Crippen molar-refractivity contribution < 1.29 is 22.4 Å². The Morgan fingerprint density at radius 2 is 1.89 bits per heavy atom. The Morgan fingerprint density at radius 1 is 1.22 bits per heavy atom. The van der Waals surface area contributed by atoms with Gasteiger partial charge in [0.05, 0.1) is 11.1 Å². The third-order valence-corrected chi connectivity index (χ3v) is 5.81. The van der Waals surface area contributed by atoms with Crippen LogP contribution in [-0.2, 0) is 18.1 Å². The second-order valence-electron chi connectivity index (χ2n) is 7.82. The van der Waals surface area contributed by atoms with Gasteiger partial charge in [-0.3, -0.25) is 8.75 Å². The molecule has 3 rings (SSSR count). The van der Waals surface area contributed by atoms with Gasteiger partial charge in [-0.1, -0.05) is 32.3 Å². The zero-order valence-electron chi connectivity index (χ0n) is 15.2. The summed E-state index contributed by atoms with van der Waals surface area (Å²) in [6, 6.07) is 3.54. The highest BCUT2D eigenvalue weighted by atomic mass is 32.1. The standard InChI is InChI=1S/C19H20F4N2OS/c1-18(2,3)15-9-16(25(27-15)10-11-4-5-11)24-17(26)13-8-12(19(21,22)23)6-7-14(13)20/h6-9,11H,4-5,10H2,1-3H3/b24-16+. The van der Waals surface area contributed by atoms with E-state index < -0.39 is 29.0 Å². The largest absolute Gasteiger partial charge is 0.416 e. The fourth-order valence-corrected chi connectivity index (χ4v) is 3.66. The minimum atomic E-state index is -4.66. The molecule has 0 radical (unpaired) electrons. The summed E-state index contributed by atoms with van der Waals surface area (Å²) in [5, 5.41) is 0. The summed E-state index contributed by atoms with van der Waals surface area (Å²) in [7, 11) is 0. The second-order valence-corrected chi connectivity index (χ2v) is 8.89. The fourth-order valence-electron chi connectivity index (χ4n) is 2.52. The highest BCUT2D eigenvalue weighted by Crippen LogP contribution is 2.33. The Labute approximate surface area is 158 Å². The molecule has 0 saturated heterocycles. The van der Waals surface area contributed by atoms with Crippen LogP contribution in [0, 0.1) is 11.7 Å². The maximum Gasteiger partial charge on any atom is 0.416 e. The number of hydrogen-bond acceptors (Lipinski definition) is 2. The SMILES string of the molecule is CC(C)(C)c1c/c(=N\C(=O)c2cc(C(F)(F)F)ccc2F)n(CC2CC2)s1. The lowest BCUT2D eigenvalue weighted by Crippen LogP contribution is -2.18. The number of amides is 1. The van der Waals surface area contributed by atoms with Crippen molar-refractivity contribution in [3.05, 3.63) is 51.6 Å². The van der Waals surface area contributed by atoms with Gasteiger partial charge in [-0.15, -0.1) is 0 Å². The summed E-state index contributed by atoms with van der Waals surface area (Å²) in [5.41, 5.74) is -1.55. The first kappa shape index (κ1) is 19.8. The lowest BCUT2D eigenvalue weighted by Gasteiger charge is -2.14. The van der Waals surface area contributed by atoms with Gasteiger partial charge in [-0.2, -0.15) is 18.2 Å².